The minimum absolute atomic E-state index is 0.0477. The van der Waals surface area contributed by atoms with Gasteiger partial charge < -0.3 is 4.42 Å². The Labute approximate surface area is 102 Å². The predicted molar refractivity (Wildman–Crippen MR) is 66.4 cm³/mol. The second-order valence-electron chi connectivity index (χ2n) is 3.65. The smallest absolute Gasteiger partial charge is 0.203 e. The Hall–Kier alpha value is -1.94. The molecule has 1 aromatic carbocycles. The summed E-state index contributed by atoms with van der Waals surface area (Å²) in [5.74, 6) is 0.524. The fraction of sp³-hybridized carbons (Fsp3) is 0.0769. The third kappa shape index (κ3) is 1.99. The first-order chi connectivity index (χ1) is 8.33. The first-order valence-corrected chi connectivity index (χ1v) is 6.12. The number of carbonyl (C=O) groups is 1. The third-order valence-corrected chi connectivity index (χ3v) is 3.36. The van der Waals surface area contributed by atoms with Gasteiger partial charge in [-0.05, 0) is 23.6 Å². The van der Waals surface area contributed by atoms with Crippen molar-refractivity contribution in [3.05, 3.63) is 52.5 Å². The van der Waals surface area contributed by atoms with Crippen LogP contribution in [-0.2, 0) is 6.42 Å². The Morgan fingerprint density at radius 2 is 2.12 bits per heavy atom. The van der Waals surface area contributed by atoms with Gasteiger partial charge >= 0.3 is 0 Å². The molecular formula is C13H9NO2S. The standard InChI is InChI=1S/C13H9NO2S/c15-10(12-6-3-7-17-12)8-13-14-9-4-1-2-5-11(9)16-13/h1-7H,8H2. The molecule has 3 nitrogen and oxygen atoms in total. The number of nitrogens with zero attached hydrogens (tertiary/aromatic N) is 1. The third-order valence-electron chi connectivity index (χ3n) is 2.45. The van der Waals surface area contributed by atoms with Gasteiger partial charge in [-0.3, -0.25) is 4.79 Å². The molecule has 0 saturated heterocycles. The number of ketones is 1. The van der Waals surface area contributed by atoms with Crippen LogP contribution in [0.3, 0.4) is 0 Å². The number of para-hydroxylation sites is 2. The summed E-state index contributed by atoms with van der Waals surface area (Å²) in [5.41, 5.74) is 1.52. The molecule has 84 valence electrons. The van der Waals surface area contributed by atoms with E-state index in [4.69, 9.17) is 4.42 Å². The maximum Gasteiger partial charge on any atom is 0.203 e. The second-order valence-corrected chi connectivity index (χ2v) is 4.60. The average molecular weight is 243 g/mol. The van der Waals surface area contributed by atoms with Gasteiger partial charge in [0.15, 0.2) is 11.4 Å². The van der Waals surface area contributed by atoms with Gasteiger partial charge in [0.05, 0.1) is 11.3 Å². The zero-order valence-corrected chi connectivity index (χ0v) is 9.74. The van der Waals surface area contributed by atoms with Gasteiger partial charge in [-0.25, -0.2) is 4.98 Å². The number of Topliss-reactive ketones (excluding diaryl/α,β-unsaturated/α-hetero) is 1. The van der Waals surface area contributed by atoms with Gasteiger partial charge in [0.1, 0.15) is 5.52 Å². The van der Waals surface area contributed by atoms with Crippen molar-refractivity contribution in [3.8, 4) is 0 Å². The molecular weight excluding hydrogens is 234 g/mol. The summed E-state index contributed by atoms with van der Waals surface area (Å²) in [4.78, 5) is 16.9. The van der Waals surface area contributed by atoms with Crippen LogP contribution in [0.1, 0.15) is 15.6 Å². The highest BCUT2D eigenvalue weighted by Crippen LogP contribution is 2.17. The van der Waals surface area contributed by atoms with E-state index in [1.807, 2.05) is 41.8 Å². The Bertz CT molecular complexity index is 622. The van der Waals surface area contributed by atoms with E-state index in [0.29, 0.717) is 5.89 Å². The first-order valence-electron chi connectivity index (χ1n) is 5.24. The van der Waals surface area contributed by atoms with Gasteiger partial charge in [-0.15, -0.1) is 11.3 Å². The molecule has 0 spiro atoms. The van der Waals surface area contributed by atoms with Crippen LogP contribution in [-0.4, -0.2) is 10.8 Å². The molecule has 0 aliphatic carbocycles. The molecule has 0 bridgehead atoms. The van der Waals surface area contributed by atoms with Crippen molar-refractivity contribution in [1.82, 2.24) is 4.98 Å². The maximum atomic E-state index is 11.9. The largest absolute Gasteiger partial charge is 0.440 e. The number of thiophene rings is 1. The lowest BCUT2D eigenvalue weighted by atomic mass is 10.2. The normalized spacial score (nSPS) is 10.8. The molecule has 2 heterocycles. The van der Waals surface area contributed by atoms with E-state index in [1.54, 1.807) is 0 Å². The molecule has 17 heavy (non-hydrogen) atoms. The molecule has 0 saturated carbocycles. The highest BCUT2D eigenvalue weighted by Gasteiger charge is 2.12. The van der Waals surface area contributed by atoms with Crippen molar-refractivity contribution in [1.29, 1.82) is 0 Å². The summed E-state index contributed by atoms with van der Waals surface area (Å²) >= 11 is 1.44. The fourth-order valence-electron chi connectivity index (χ4n) is 1.66. The van der Waals surface area contributed by atoms with Gasteiger partial charge in [0, 0.05) is 0 Å². The van der Waals surface area contributed by atoms with Crippen LogP contribution >= 0.6 is 11.3 Å². The summed E-state index contributed by atoms with van der Waals surface area (Å²) in [6, 6.07) is 11.2. The van der Waals surface area contributed by atoms with E-state index in [0.717, 1.165) is 16.0 Å². The number of fused-ring (bicyclic) bond motifs is 1. The van der Waals surface area contributed by atoms with Crippen LogP contribution in [0, 0.1) is 0 Å². The molecule has 0 unspecified atom stereocenters. The van der Waals surface area contributed by atoms with E-state index in [2.05, 4.69) is 4.98 Å². The van der Waals surface area contributed by atoms with Crippen LogP contribution in [0.2, 0.25) is 0 Å². The van der Waals surface area contributed by atoms with E-state index in [9.17, 15) is 4.79 Å². The van der Waals surface area contributed by atoms with Gasteiger partial charge in [0.25, 0.3) is 0 Å². The number of carbonyl (C=O) groups excluding carboxylic acids is 1. The number of benzene rings is 1. The molecule has 0 atom stereocenters. The summed E-state index contributed by atoms with van der Waals surface area (Å²) in [6.07, 6.45) is 0.217. The van der Waals surface area contributed by atoms with Crippen molar-refractivity contribution in [2.24, 2.45) is 0 Å². The van der Waals surface area contributed by atoms with Gasteiger partial charge in [-0.1, -0.05) is 18.2 Å². The highest BCUT2D eigenvalue weighted by atomic mass is 32.1. The van der Waals surface area contributed by atoms with Crippen LogP contribution in [0.4, 0.5) is 0 Å². The zero-order chi connectivity index (χ0) is 11.7. The van der Waals surface area contributed by atoms with Crippen molar-refractivity contribution in [3.63, 3.8) is 0 Å². The van der Waals surface area contributed by atoms with Gasteiger partial charge in [-0.2, -0.15) is 0 Å². The number of rotatable bonds is 3. The van der Waals surface area contributed by atoms with Crippen LogP contribution in [0.25, 0.3) is 11.1 Å². The number of aromatic nitrogens is 1. The fourth-order valence-corrected chi connectivity index (χ4v) is 2.32. The Balaban J connectivity index is 1.88. The Kier molecular flexibility index (Phi) is 2.49. The second kappa shape index (κ2) is 4.14. The lowest BCUT2D eigenvalue weighted by Gasteiger charge is -1.92. The van der Waals surface area contributed by atoms with Crippen molar-refractivity contribution >= 4 is 28.2 Å². The quantitative estimate of drug-likeness (QED) is 0.663. The molecule has 3 rings (SSSR count). The first kappa shape index (κ1) is 10.2. The summed E-state index contributed by atoms with van der Waals surface area (Å²) in [6.45, 7) is 0. The molecule has 3 aromatic rings. The van der Waals surface area contributed by atoms with Crippen LogP contribution < -0.4 is 0 Å². The van der Waals surface area contributed by atoms with E-state index in [-0.39, 0.29) is 12.2 Å². The monoisotopic (exact) mass is 243 g/mol. The van der Waals surface area contributed by atoms with Gasteiger partial charge in [0.2, 0.25) is 5.89 Å². The van der Waals surface area contributed by atoms with Crippen LogP contribution in [0.15, 0.2) is 46.2 Å². The number of hydrogen-bond donors (Lipinski definition) is 0. The van der Waals surface area contributed by atoms with E-state index < -0.39 is 0 Å². The Morgan fingerprint density at radius 3 is 2.88 bits per heavy atom. The lowest BCUT2D eigenvalue weighted by molar-refractivity contribution is 0.0990. The van der Waals surface area contributed by atoms with E-state index >= 15 is 0 Å². The number of oxazole rings is 1. The zero-order valence-electron chi connectivity index (χ0n) is 8.92. The molecule has 0 amide bonds. The lowest BCUT2D eigenvalue weighted by Crippen LogP contribution is -2.00. The molecule has 0 fully saturated rings. The molecule has 0 aliphatic heterocycles. The topological polar surface area (TPSA) is 43.1 Å². The maximum absolute atomic E-state index is 11.9. The summed E-state index contributed by atoms with van der Waals surface area (Å²) in [7, 11) is 0. The van der Waals surface area contributed by atoms with Crippen molar-refractivity contribution < 1.29 is 9.21 Å². The average Bonchev–Trinajstić information content (AvgIpc) is 2.97. The molecule has 2 aromatic heterocycles. The predicted octanol–water partition coefficient (Wildman–Crippen LogP) is 3.31. The summed E-state index contributed by atoms with van der Waals surface area (Å²) < 4.78 is 5.51. The molecule has 0 aliphatic rings. The Morgan fingerprint density at radius 1 is 1.24 bits per heavy atom. The van der Waals surface area contributed by atoms with Crippen molar-refractivity contribution in [2.75, 3.05) is 0 Å². The molecule has 4 heteroatoms. The highest BCUT2D eigenvalue weighted by molar-refractivity contribution is 7.12. The number of hydrogen-bond acceptors (Lipinski definition) is 4. The molecule has 0 radical (unpaired) electrons. The minimum Gasteiger partial charge on any atom is -0.440 e. The SMILES string of the molecule is O=C(Cc1nc2ccccc2o1)c1cccs1. The minimum atomic E-state index is 0.0477. The van der Waals surface area contributed by atoms with E-state index in [1.165, 1.54) is 11.3 Å². The summed E-state index contributed by atoms with van der Waals surface area (Å²) in [5, 5.41) is 1.89. The van der Waals surface area contributed by atoms with Crippen LogP contribution in [0.5, 0.6) is 0 Å². The molecule has 0 N–H and O–H groups in total. The van der Waals surface area contributed by atoms with Crippen molar-refractivity contribution in [2.45, 2.75) is 6.42 Å².